The first kappa shape index (κ1) is 21.4. The number of hydrogen-bond donors (Lipinski definition) is 2. The molecule has 3 heterocycles. The highest BCUT2D eigenvalue weighted by Crippen LogP contribution is 2.25. The number of nitrogens with zero attached hydrogens (tertiary/aromatic N) is 4. The second-order valence-corrected chi connectivity index (χ2v) is 9.53. The first-order chi connectivity index (χ1) is 16.0. The van der Waals surface area contributed by atoms with Crippen molar-refractivity contribution in [2.24, 2.45) is 0 Å². The molecule has 170 valence electrons. The summed E-state index contributed by atoms with van der Waals surface area (Å²) in [5.74, 6) is 0.443. The molecule has 5 rings (SSSR count). The van der Waals surface area contributed by atoms with Crippen molar-refractivity contribution in [2.75, 3.05) is 43.6 Å². The number of morpholine rings is 1. The summed E-state index contributed by atoms with van der Waals surface area (Å²) >= 11 is 0. The molecule has 33 heavy (non-hydrogen) atoms. The Bertz CT molecular complexity index is 1380. The molecule has 9 nitrogen and oxygen atoms in total. The molecule has 2 N–H and O–H groups in total. The van der Waals surface area contributed by atoms with E-state index in [0.717, 1.165) is 54.5 Å². The number of ether oxygens (including phenoxy) is 1. The van der Waals surface area contributed by atoms with E-state index in [-0.39, 0.29) is 4.90 Å². The topological polar surface area (TPSA) is 101 Å². The van der Waals surface area contributed by atoms with Crippen molar-refractivity contribution < 1.29 is 13.2 Å². The van der Waals surface area contributed by atoms with Gasteiger partial charge in [0.25, 0.3) is 0 Å². The highest BCUT2D eigenvalue weighted by atomic mass is 32.2. The lowest BCUT2D eigenvalue weighted by Gasteiger charge is -2.28. The van der Waals surface area contributed by atoms with Crippen LogP contribution < -0.4 is 14.9 Å². The van der Waals surface area contributed by atoms with Gasteiger partial charge >= 0.3 is 0 Å². The average Bonchev–Trinajstić information content (AvgIpc) is 3.28. The summed E-state index contributed by atoms with van der Waals surface area (Å²) in [6.07, 6.45) is 1.73. The highest BCUT2D eigenvalue weighted by molar-refractivity contribution is 7.89. The third-order valence-electron chi connectivity index (χ3n) is 5.61. The van der Waals surface area contributed by atoms with Crippen LogP contribution in [0.1, 0.15) is 0 Å². The number of hydrogen-bond acceptors (Lipinski definition) is 7. The van der Waals surface area contributed by atoms with Gasteiger partial charge in [-0.2, -0.15) is 0 Å². The number of anilines is 3. The minimum Gasteiger partial charge on any atom is -0.378 e. The molecular weight excluding hydrogens is 440 g/mol. The monoisotopic (exact) mass is 464 g/mol. The minimum absolute atomic E-state index is 0.199. The second-order valence-electron chi connectivity index (χ2n) is 7.64. The number of rotatable bonds is 6. The van der Waals surface area contributed by atoms with E-state index >= 15 is 0 Å². The molecule has 0 spiro atoms. The van der Waals surface area contributed by atoms with Gasteiger partial charge in [0.15, 0.2) is 0 Å². The Hall–Kier alpha value is -3.47. The predicted molar refractivity (Wildman–Crippen MR) is 127 cm³/mol. The van der Waals surface area contributed by atoms with Crippen molar-refractivity contribution in [3.05, 3.63) is 66.9 Å². The van der Waals surface area contributed by atoms with Gasteiger partial charge in [0, 0.05) is 30.0 Å². The summed E-state index contributed by atoms with van der Waals surface area (Å²) in [7, 11) is -2.14. The van der Waals surface area contributed by atoms with Crippen LogP contribution in [0.4, 0.5) is 17.3 Å². The van der Waals surface area contributed by atoms with Crippen LogP contribution in [0.5, 0.6) is 0 Å². The number of benzene rings is 2. The van der Waals surface area contributed by atoms with E-state index in [0.29, 0.717) is 5.95 Å². The maximum absolute atomic E-state index is 12.2. The molecule has 1 aliphatic heterocycles. The molecule has 0 radical (unpaired) electrons. The molecule has 1 fully saturated rings. The molecule has 1 saturated heterocycles. The summed E-state index contributed by atoms with van der Waals surface area (Å²) in [6.45, 7) is 3.27. The van der Waals surface area contributed by atoms with Crippen LogP contribution in [-0.2, 0) is 14.8 Å². The van der Waals surface area contributed by atoms with Crippen LogP contribution in [0.3, 0.4) is 0 Å². The fraction of sp³-hybridized carbons (Fsp3) is 0.217. The molecule has 10 heteroatoms. The van der Waals surface area contributed by atoms with E-state index in [2.05, 4.69) is 37.2 Å². The predicted octanol–water partition coefficient (Wildman–Crippen LogP) is 2.88. The molecular formula is C23H24N6O3S. The van der Waals surface area contributed by atoms with E-state index in [1.165, 1.54) is 7.05 Å². The second kappa shape index (κ2) is 8.81. The molecule has 0 bridgehead atoms. The zero-order chi connectivity index (χ0) is 22.8. The van der Waals surface area contributed by atoms with Crippen LogP contribution in [0.2, 0.25) is 0 Å². The van der Waals surface area contributed by atoms with Crippen LogP contribution >= 0.6 is 0 Å². The van der Waals surface area contributed by atoms with Crippen LogP contribution in [0.25, 0.3) is 16.8 Å². The number of sulfonamides is 1. The molecule has 0 amide bonds. The van der Waals surface area contributed by atoms with Gasteiger partial charge in [-0.3, -0.25) is 0 Å². The molecule has 2 aromatic heterocycles. The average molecular weight is 465 g/mol. The molecule has 2 aromatic carbocycles. The van der Waals surface area contributed by atoms with Crippen molar-refractivity contribution in [3.63, 3.8) is 0 Å². The minimum atomic E-state index is -3.54. The molecule has 0 unspecified atom stereocenters. The summed E-state index contributed by atoms with van der Waals surface area (Å²) in [6, 6.07) is 18.7. The van der Waals surface area contributed by atoms with Gasteiger partial charge in [0.1, 0.15) is 0 Å². The SMILES string of the molecule is CNS(=O)(=O)c1cccc(-c2ccc3cnc(Nc4ccc(N5CCOCC5)cc4)nn23)c1. The number of aromatic nitrogens is 3. The lowest BCUT2D eigenvalue weighted by Crippen LogP contribution is -2.36. The normalized spacial score (nSPS) is 14.5. The van der Waals surface area contributed by atoms with Crippen molar-refractivity contribution in [2.45, 2.75) is 4.90 Å². The quantitative estimate of drug-likeness (QED) is 0.452. The fourth-order valence-electron chi connectivity index (χ4n) is 3.82. The van der Waals surface area contributed by atoms with Gasteiger partial charge in [0.2, 0.25) is 16.0 Å². The molecule has 4 aromatic rings. The lowest BCUT2D eigenvalue weighted by molar-refractivity contribution is 0.122. The van der Waals surface area contributed by atoms with Gasteiger partial charge in [0.05, 0.1) is 35.5 Å². The van der Waals surface area contributed by atoms with Gasteiger partial charge < -0.3 is 15.0 Å². The lowest BCUT2D eigenvalue weighted by atomic mass is 10.2. The first-order valence-electron chi connectivity index (χ1n) is 10.6. The standard InChI is InChI=1S/C23H24N6O3S/c1-24-33(30,31)21-4-2-3-17(15-21)22-10-9-20-16-25-23(27-29(20)22)26-18-5-7-19(8-6-18)28-11-13-32-14-12-28/h2-10,15-16,24H,11-14H2,1H3,(H,26,27). The number of fused-ring (bicyclic) bond motifs is 1. The maximum atomic E-state index is 12.2. The fourth-order valence-corrected chi connectivity index (χ4v) is 4.60. The Morgan fingerprint density at radius 2 is 1.79 bits per heavy atom. The Morgan fingerprint density at radius 3 is 2.55 bits per heavy atom. The molecule has 0 atom stereocenters. The van der Waals surface area contributed by atoms with Crippen molar-refractivity contribution >= 4 is 32.9 Å². The van der Waals surface area contributed by atoms with Crippen molar-refractivity contribution in [1.29, 1.82) is 0 Å². The maximum Gasteiger partial charge on any atom is 0.245 e. The van der Waals surface area contributed by atoms with Crippen molar-refractivity contribution in [1.82, 2.24) is 19.3 Å². The van der Waals surface area contributed by atoms with Gasteiger partial charge in [-0.15, -0.1) is 5.10 Å². The van der Waals surface area contributed by atoms with Gasteiger partial charge in [-0.25, -0.2) is 22.6 Å². The largest absolute Gasteiger partial charge is 0.378 e. The Morgan fingerprint density at radius 1 is 1.00 bits per heavy atom. The Balaban J connectivity index is 1.41. The summed E-state index contributed by atoms with van der Waals surface area (Å²) in [4.78, 5) is 6.91. The summed E-state index contributed by atoms with van der Waals surface area (Å²) in [5, 5.41) is 7.88. The third kappa shape index (κ3) is 4.40. The van der Waals surface area contributed by atoms with E-state index in [9.17, 15) is 8.42 Å². The summed E-state index contributed by atoms with van der Waals surface area (Å²) in [5.41, 5.74) is 4.35. The van der Waals surface area contributed by atoms with E-state index in [1.54, 1.807) is 28.9 Å². The van der Waals surface area contributed by atoms with Crippen LogP contribution in [-0.4, -0.2) is 56.4 Å². The Kier molecular flexibility index (Phi) is 5.71. The Labute approximate surface area is 192 Å². The smallest absolute Gasteiger partial charge is 0.245 e. The highest BCUT2D eigenvalue weighted by Gasteiger charge is 2.15. The zero-order valence-corrected chi connectivity index (χ0v) is 18.9. The van der Waals surface area contributed by atoms with E-state index in [1.807, 2.05) is 30.3 Å². The number of nitrogens with one attached hydrogen (secondary N) is 2. The summed E-state index contributed by atoms with van der Waals surface area (Å²) < 4.78 is 33.9. The molecule has 1 aliphatic rings. The van der Waals surface area contributed by atoms with Gasteiger partial charge in [-0.1, -0.05) is 12.1 Å². The molecule has 0 aliphatic carbocycles. The van der Waals surface area contributed by atoms with E-state index < -0.39 is 10.0 Å². The molecule has 0 saturated carbocycles. The third-order valence-corrected chi connectivity index (χ3v) is 7.02. The van der Waals surface area contributed by atoms with Crippen LogP contribution in [0.15, 0.2) is 71.8 Å². The zero-order valence-electron chi connectivity index (χ0n) is 18.1. The van der Waals surface area contributed by atoms with Crippen molar-refractivity contribution in [3.8, 4) is 11.3 Å². The van der Waals surface area contributed by atoms with E-state index in [4.69, 9.17) is 4.74 Å². The van der Waals surface area contributed by atoms with Crippen LogP contribution in [0, 0.1) is 0 Å². The van der Waals surface area contributed by atoms with Gasteiger partial charge in [-0.05, 0) is 55.6 Å². The first-order valence-corrected chi connectivity index (χ1v) is 12.1.